The molecule has 1 fully saturated rings. The number of ether oxygens (including phenoxy) is 2. The van der Waals surface area contributed by atoms with Crippen LogP contribution in [0.4, 0.5) is 23.7 Å². The number of methoxy groups -OCH3 is 1. The summed E-state index contributed by atoms with van der Waals surface area (Å²) >= 11 is 5.97. The van der Waals surface area contributed by atoms with Crippen LogP contribution in [-0.4, -0.2) is 31.6 Å². The van der Waals surface area contributed by atoms with Crippen LogP contribution in [-0.2, 0) is 15.8 Å². The number of carbonyl (C=O) groups excluding carboxylic acids is 3. The van der Waals surface area contributed by atoms with Gasteiger partial charge in [0.05, 0.1) is 23.4 Å². The van der Waals surface area contributed by atoms with Gasteiger partial charge in [0.15, 0.2) is 0 Å². The average molecular weight is 479 g/mol. The molecule has 1 aliphatic heterocycles. The van der Waals surface area contributed by atoms with Crippen LogP contribution in [0.25, 0.3) is 6.08 Å². The van der Waals surface area contributed by atoms with Gasteiger partial charge in [0.2, 0.25) is 0 Å². The van der Waals surface area contributed by atoms with Crippen molar-refractivity contribution in [2.24, 2.45) is 0 Å². The van der Waals surface area contributed by atoms with Crippen molar-refractivity contribution in [3.8, 4) is 23.8 Å². The third-order valence-electron chi connectivity index (χ3n) is 4.45. The third-order valence-corrected chi connectivity index (χ3v) is 4.77. The summed E-state index contributed by atoms with van der Waals surface area (Å²) in [7, 11) is 1.42. The van der Waals surface area contributed by atoms with Crippen molar-refractivity contribution in [1.82, 2.24) is 5.32 Å². The van der Waals surface area contributed by atoms with Crippen molar-refractivity contribution >= 4 is 41.2 Å². The molecule has 0 bridgehead atoms. The first-order valence-electron chi connectivity index (χ1n) is 9.09. The number of imide groups is 2. The number of terminal acetylenes is 1. The number of barbiturate groups is 1. The topological polar surface area (TPSA) is 84.9 Å². The molecule has 2 aromatic rings. The van der Waals surface area contributed by atoms with E-state index in [1.807, 2.05) is 5.32 Å². The predicted octanol–water partition coefficient (Wildman–Crippen LogP) is 4.05. The maximum Gasteiger partial charge on any atom is 0.416 e. The van der Waals surface area contributed by atoms with Crippen molar-refractivity contribution in [2.75, 3.05) is 18.6 Å². The van der Waals surface area contributed by atoms with E-state index < -0.39 is 40.8 Å². The maximum atomic E-state index is 13.1. The molecule has 4 amide bonds. The number of amides is 4. The fourth-order valence-electron chi connectivity index (χ4n) is 2.90. The molecule has 11 heteroatoms. The van der Waals surface area contributed by atoms with Gasteiger partial charge in [-0.15, -0.1) is 6.42 Å². The molecular formula is C22H14ClF3N2O5. The van der Waals surface area contributed by atoms with Gasteiger partial charge in [-0.2, -0.15) is 13.2 Å². The Morgan fingerprint density at radius 2 is 1.91 bits per heavy atom. The molecule has 0 radical (unpaired) electrons. The molecule has 170 valence electrons. The summed E-state index contributed by atoms with van der Waals surface area (Å²) in [5.74, 6) is 0.608. The Morgan fingerprint density at radius 1 is 1.18 bits per heavy atom. The maximum absolute atomic E-state index is 13.1. The van der Waals surface area contributed by atoms with Gasteiger partial charge in [0, 0.05) is 11.6 Å². The van der Waals surface area contributed by atoms with Gasteiger partial charge in [-0.1, -0.05) is 17.5 Å². The van der Waals surface area contributed by atoms with Crippen molar-refractivity contribution < 1.29 is 37.0 Å². The molecule has 0 saturated carbocycles. The second kappa shape index (κ2) is 9.26. The summed E-state index contributed by atoms with van der Waals surface area (Å²) in [4.78, 5) is 38.2. The van der Waals surface area contributed by atoms with Gasteiger partial charge in [0.1, 0.15) is 23.7 Å². The number of alkyl halides is 3. The van der Waals surface area contributed by atoms with Crippen molar-refractivity contribution in [2.45, 2.75) is 6.18 Å². The lowest BCUT2D eigenvalue weighted by atomic mass is 10.1. The smallest absolute Gasteiger partial charge is 0.416 e. The van der Waals surface area contributed by atoms with Gasteiger partial charge in [-0.25, -0.2) is 9.69 Å². The number of carbonyl (C=O) groups is 3. The van der Waals surface area contributed by atoms with Crippen molar-refractivity contribution in [3.63, 3.8) is 0 Å². The van der Waals surface area contributed by atoms with E-state index in [9.17, 15) is 27.6 Å². The molecule has 33 heavy (non-hydrogen) atoms. The summed E-state index contributed by atoms with van der Waals surface area (Å²) in [5.41, 5.74) is -1.98. The Labute approximate surface area is 190 Å². The van der Waals surface area contributed by atoms with Gasteiger partial charge in [0.25, 0.3) is 11.8 Å². The highest BCUT2D eigenvalue weighted by Crippen LogP contribution is 2.37. The van der Waals surface area contributed by atoms with Crippen LogP contribution < -0.4 is 19.7 Å². The second-order valence-corrected chi connectivity index (χ2v) is 6.93. The number of nitrogens with one attached hydrogen (secondary N) is 1. The molecule has 0 atom stereocenters. The van der Waals surface area contributed by atoms with E-state index in [0.29, 0.717) is 22.8 Å². The Bertz CT molecular complexity index is 1220. The normalized spacial score (nSPS) is 15.3. The lowest BCUT2D eigenvalue weighted by Crippen LogP contribution is -2.54. The van der Waals surface area contributed by atoms with E-state index in [2.05, 4.69) is 5.92 Å². The highest BCUT2D eigenvalue weighted by atomic mass is 35.5. The third kappa shape index (κ3) is 4.94. The molecule has 0 unspecified atom stereocenters. The molecule has 3 rings (SSSR count). The Kier molecular flexibility index (Phi) is 6.65. The predicted molar refractivity (Wildman–Crippen MR) is 113 cm³/mol. The standard InChI is InChI=1S/C22H14ClF3N2O5/c1-3-8-33-18-11-14(32-2)6-4-12(18)9-15-19(29)27-21(31)28(20(15)30)17-10-13(22(24,25)26)5-7-16(17)23/h1,4-7,9-11H,8H2,2H3,(H,27,29,31)/b15-9-. The van der Waals surface area contributed by atoms with Crippen molar-refractivity contribution in [3.05, 3.63) is 58.1 Å². The first kappa shape index (κ1) is 23.7. The zero-order chi connectivity index (χ0) is 24.3. The number of benzene rings is 2. The molecule has 2 aromatic carbocycles. The van der Waals surface area contributed by atoms with Crippen LogP contribution in [0.2, 0.25) is 5.02 Å². The molecule has 1 saturated heterocycles. The lowest BCUT2D eigenvalue weighted by molar-refractivity contribution is -0.137. The molecular weight excluding hydrogens is 465 g/mol. The highest BCUT2D eigenvalue weighted by molar-refractivity contribution is 6.42. The minimum atomic E-state index is -4.75. The SMILES string of the molecule is C#CCOc1cc(OC)ccc1/C=C1/C(=O)NC(=O)N(c2cc(C(F)(F)F)ccc2Cl)C1=O. The second-order valence-electron chi connectivity index (χ2n) is 6.52. The Hall–Kier alpha value is -3.97. The molecule has 7 nitrogen and oxygen atoms in total. The van der Waals surface area contributed by atoms with Crippen LogP contribution in [0.3, 0.4) is 0 Å². The first-order chi connectivity index (χ1) is 15.6. The van der Waals surface area contributed by atoms with E-state index in [1.165, 1.54) is 25.3 Å². The van der Waals surface area contributed by atoms with E-state index in [1.54, 1.807) is 0 Å². The minimum Gasteiger partial charge on any atom is -0.497 e. The summed E-state index contributed by atoms with van der Waals surface area (Å²) in [6, 6.07) is 5.34. The molecule has 1 heterocycles. The zero-order valence-corrected chi connectivity index (χ0v) is 17.6. The molecule has 1 N–H and O–H groups in total. The Balaban J connectivity index is 2.09. The summed E-state index contributed by atoms with van der Waals surface area (Å²) in [5, 5.41) is 1.62. The van der Waals surface area contributed by atoms with Crippen LogP contribution in [0.15, 0.2) is 42.0 Å². The van der Waals surface area contributed by atoms with E-state index >= 15 is 0 Å². The van der Waals surface area contributed by atoms with E-state index in [-0.39, 0.29) is 22.9 Å². The molecule has 0 spiro atoms. The lowest BCUT2D eigenvalue weighted by Gasteiger charge is -2.27. The highest BCUT2D eigenvalue weighted by Gasteiger charge is 2.39. The number of hydrogen-bond donors (Lipinski definition) is 1. The minimum absolute atomic E-state index is 0.131. The summed E-state index contributed by atoms with van der Waals surface area (Å²) in [6.45, 7) is -0.131. The molecule has 0 aromatic heterocycles. The summed E-state index contributed by atoms with van der Waals surface area (Å²) < 4.78 is 50.0. The van der Waals surface area contributed by atoms with Gasteiger partial charge in [-0.3, -0.25) is 14.9 Å². The van der Waals surface area contributed by atoms with Crippen LogP contribution in [0, 0.1) is 12.3 Å². The van der Waals surface area contributed by atoms with Crippen LogP contribution in [0.1, 0.15) is 11.1 Å². The quantitative estimate of drug-likeness (QED) is 0.398. The fourth-order valence-corrected chi connectivity index (χ4v) is 3.10. The number of anilines is 1. The van der Waals surface area contributed by atoms with Gasteiger partial charge < -0.3 is 9.47 Å². The fraction of sp³-hybridized carbons (Fsp3) is 0.136. The molecule has 1 aliphatic rings. The zero-order valence-electron chi connectivity index (χ0n) is 16.8. The number of halogens is 4. The number of urea groups is 1. The number of hydrogen-bond acceptors (Lipinski definition) is 5. The van der Waals surface area contributed by atoms with E-state index in [4.69, 9.17) is 27.5 Å². The van der Waals surface area contributed by atoms with Crippen LogP contribution in [0.5, 0.6) is 11.5 Å². The number of rotatable bonds is 5. The number of nitrogens with zero attached hydrogens (tertiary/aromatic N) is 1. The van der Waals surface area contributed by atoms with E-state index in [0.717, 1.165) is 12.1 Å². The van der Waals surface area contributed by atoms with Gasteiger partial charge in [-0.05, 0) is 36.4 Å². The monoisotopic (exact) mass is 478 g/mol. The molecule has 0 aliphatic carbocycles. The largest absolute Gasteiger partial charge is 0.497 e. The Morgan fingerprint density at radius 3 is 2.55 bits per heavy atom. The average Bonchev–Trinajstić information content (AvgIpc) is 2.75. The summed E-state index contributed by atoms with van der Waals surface area (Å²) in [6.07, 6.45) is 1.56. The van der Waals surface area contributed by atoms with Crippen molar-refractivity contribution in [1.29, 1.82) is 0 Å². The van der Waals surface area contributed by atoms with Gasteiger partial charge >= 0.3 is 12.2 Å². The first-order valence-corrected chi connectivity index (χ1v) is 9.47. The van der Waals surface area contributed by atoms with Crippen LogP contribution >= 0.6 is 11.6 Å².